The first-order chi connectivity index (χ1) is 41.0. The van der Waals surface area contributed by atoms with Crippen molar-refractivity contribution in [1.29, 1.82) is 0 Å². The van der Waals surface area contributed by atoms with Crippen molar-refractivity contribution in [2.24, 2.45) is 0 Å². The third kappa shape index (κ3) is 15.0. The van der Waals surface area contributed by atoms with E-state index in [1.807, 2.05) is 0 Å². The molecule has 8 aromatic carbocycles. The molecule has 10 heteroatoms. The standard InChI is InChI=1S/C76H94O6Si4/c1-15-33-79-73-61-41-57(53-17-25-69(26-18-53)83(3,4)5)42-62(73)50-66-46-60(56-23-31-72(32-24-56)86(12,13)14)48-68-52-64-44-58(54-19-27-70(28-20-54)84(6,7)8)43-63(74(64)80-34-16-2)51-67-47-59(55-21-29-71(30-22-55)85(9,10)11)45-65(49-61)75(67)81-39-37-77-35-36-78-38-40-82-76(66)68/h17-32,41-48H,15-16,33-40,49-52H2,1-14H3. The van der Waals surface area contributed by atoms with E-state index in [1.54, 1.807) is 0 Å². The smallest absolute Gasteiger partial charge is 0.126 e. The van der Waals surface area contributed by atoms with Crippen molar-refractivity contribution in [2.45, 2.75) is 131 Å². The number of hydrogen-bond acceptors (Lipinski definition) is 6. The molecule has 450 valence electrons. The topological polar surface area (TPSA) is 55.4 Å². The summed E-state index contributed by atoms with van der Waals surface area (Å²) in [5.41, 5.74) is 18.2. The van der Waals surface area contributed by atoms with Gasteiger partial charge in [-0.1, -0.05) is 210 Å². The zero-order chi connectivity index (χ0) is 61.0. The molecule has 0 amide bonds. The molecule has 0 saturated carbocycles. The Labute approximate surface area is 519 Å². The third-order valence-corrected chi connectivity index (χ3v) is 25.3. The van der Waals surface area contributed by atoms with Gasteiger partial charge in [-0.05, 0) is 150 Å². The summed E-state index contributed by atoms with van der Waals surface area (Å²) in [5.74, 6) is 3.60. The highest BCUT2D eigenvalue weighted by molar-refractivity contribution is 6.90. The molecule has 1 aliphatic heterocycles. The first-order valence-corrected chi connectivity index (χ1v) is 45.8. The predicted octanol–water partition coefficient (Wildman–Crippen LogP) is 16.6. The van der Waals surface area contributed by atoms with Crippen molar-refractivity contribution < 1.29 is 28.4 Å². The van der Waals surface area contributed by atoms with E-state index in [4.69, 9.17) is 28.4 Å². The molecule has 8 aromatic rings. The van der Waals surface area contributed by atoms with Gasteiger partial charge in [0.25, 0.3) is 0 Å². The SMILES string of the molecule is CCCOc1c2cc(-c3ccc([Si](C)(C)C)cc3)cc1Cc1cc(-c3ccc([Si](C)(C)C)cc3)cc3c1OCCOCCOCCOc1c(cc(-c4ccc([Si](C)(C)C)cc4)cc1Cc1cc(-c4ccc([Si](C)(C)C)cc4)cc(c1OCCC)C3)C2. The fourth-order valence-electron chi connectivity index (χ4n) is 12.1. The molecule has 0 saturated heterocycles. The van der Waals surface area contributed by atoms with Crippen LogP contribution in [0.15, 0.2) is 146 Å². The van der Waals surface area contributed by atoms with E-state index in [0.717, 1.165) is 103 Å². The lowest BCUT2D eigenvalue weighted by atomic mass is 9.86. The minimum Gasteiger partial charge on any atom is -0.493 e. The summed E-state index contributed by atoms with van der Waals surface area (Å²) < 4.78 is 41.6. The molecule has 0 fully saturated rings. The molecule has 1 heterocycles. The molecular formula is C76H94O6Si4. The van der Waals surface area contributed by atoms with Crippen LogP contribution in [0.3, 0.4) is 0 Å². The van der Waals surface area contributed by atoms with Gasteiger partial charge in [0.1, 0.15) is 36.2 Å². The molecule has 1 aliphatic carbocycles. The largest absolute Gasteiger partial charge is 0.493 e. The van der Waals surface area contributed by atoms with Crippen molar-refractivity contribution in [2.75, 3.05) is 52.9 Å². The molecular weight excluding hydrogens is 1120 g/mol. The Hall–Kier alpha value is -6.25. The van der Waals surface area contributed by atoms with E-state index in [-0.39, 0.29) is 0 Å². The lowest BCUT2D eigenvalue weighted by Gasteiger charge is -2.25. The quantitative estimate of drug-likeness (QED) is 0.101. The Morgan fingerprint density at radius 3 is 0.733 bits per heavy atom. The number of hydrogen-bond donors (Lipinski definition) is 0. The highest BCUT2D eigenvalue weighted by Crippen LogP contribution is 2.45. The summed E-state index contributed by atoms with van der Waals surface area (Å²) in [6.07, 6.45) is 4.00. The van der Waals surface area contributed by atoms with Crippen molar-refractivity contribution in [3.63, 3.8) is 0 Å². The molecule has 0 N–H and O–H groups in total. The monoisotopic (exact) mass is 1210 g/mol. The van der Waals surface area contributed by atoms with Gasteiger partial charge < -0.3 is 28.4 Å². The Morgan fingerprint density at radius 1 is 0.291 bits per heavy atom. The molecule has 86 heavy (non-hydrogen) atoms. The zero-order valence-corrected chi connectivity index (χ0v) is 58.2. The first-order valence-electron chi connectivity index (χ1n) is 31.8. The maximum Gasteiger partial charge on any atom is 0.126 e. The molecule has 0 radical (unpaired) electrons. The second-order valence-corrected chi connectivity index (χ2v) is 48.4. The molecule has 0 atom stereocenters. The van der Waals surface area contributed by atoms with E-state index >= 15 is 0 Å². The van der Waals surface area contributed by atoms with Crippen LogP contribution in [0.5, 0.6) is 23.0 Å². The van der Waals surface area contributed by atoms with E-state index in [9.17, 15) is 0 Å². The van der Waals surface area contributed by atoms with Gasteiger partial charge in [0.15, 0.2) is 0 Å². The Morgan fingerprint density at radius 2 is 0.512 bits per heavy atom. The maximum atomic E-state index is 7.27. The van der Waals surface area contributed by atoms with Gasteiger partial charge in [-0.25, -0.2) is 0 Å². The van der Waals surface area contributed by atoms with Gasteiger partial charge in [0.2, 0.25) is 0 Å². The predicted molar refractivity (Wildman–Crippen MR) is 375 cm³/mol. The van der Waals surface area contributed by atoms with E-state index in [2.05, 4.69) is 238 Å². The van der Waals surface area contributed by atoms with Crippen LogP contribution in [0.1, 0.15) is 71.2 Å². The molecule has 10 rings (SSSR count). The Bertz CT molecular complexity index is 3300. The number of fused-ring (bicyclic) bond motifs is 2. The van der Waals surface area contributed by atoms with Crippen LogP contribution < -0.4 is 39.7 Å². The van der Waals surface area contributed by atoms with Gasteiger partial charge in [0.05, 0.1) is 71.9 Å². The molecule has 10 bridgehead atoms. The van der Waals surface area contributed by atoms with Gasteiger partial charge in [-0.15, -0.1) is 0 Å². The van der Waals surface area contributed by atoms with Crippen LogP contribution in [0.4, 0.5) is 0 Å². The van der Waals surface area contributed by atoms with Crippen molar-refractivity contribution in [1.82, 2.24) is 0 Å². The summed E-state index contributed by atoms with van der Waals surface area (Å²) in [6, 6.07) is 56.8. The average molecular weight is 1220 g/mol. The van der Waals surface area contributed by atoms with Gasteiger partial charge >= 0.3 is 0 Å². The highest BCUT2D eigenvalue weighted by atomic mass is 28.3. The molecule has 0 spiro atoms. The summed E-state index contributed by atoms with van der Waals surface area (Å²) in [5, 5.41) is 5.76. The van der Waals surface area contributed by atoms with Crippen LogP contribution in [-0.2, 0) is 35.2 Å². The number of benzene rings is 8. The van der Waals surface area contributed by atoms with E-state index in [0.29, 0.717) is 78.5 Å². The van der Waals surface area contributed by atoms with Crippen LogP contribution in [0.25, 0.3) is 44.5 Å². The third-order valence-electron chi connectivity index (χ3n) is 17.1. The normalized spacial score (nSPS) is 14.4. The molecule has 0 unspecified atom stereocenters. The van der Waals surface area contributed by atoms with Crippen molar-refractivity contribution in [3.8, 4) is 67.5 Å². The molecule has 6 nitrogen and oxygen atoms in total. The van der Waals surface area contributed by atoms with E-state index < -0.39 is 32.3 Å². The fraction of sp³-hybridized carbons (Fsp3) is 0.368. The van der Waals surface area contributed by atoms with Crippen LogP contribution >= 0.6 is 0 Å². The van der Waals surface area contributed by atoms with Crippen LogP contribution in [-0.4, -0.2) is 85.2 Å². The van der Waals surface area contributed by atoms with Gasteiger partial charge in [-0.3, -0.25) is 0 Å². The average Bonchev–Trinajstić information content (AvgIpc) is 1.16. The minimum atomic E-state index is -1.58. The second-order valence-electron chi connectivity index (χ2n) is 28.1. The second kappa shape index (κ2) is 26.6. The fourth-order valence-corrected chi connectivity index (χ4v) is 16.7. The summed E-state index contributed by atoms with van der Waals surface area (Å²) in [4.78, 5) is 0. The number of rotatable bonds is 14. The van der Waals surface area contributed by atoms with E-state index in [1.165, 1.54) is 43.0 Å². The summed E-state index contributed by atoms with van der Waals surface area (Å²) >= 11 is 0. The molecule has 2 aliphatic rings. The Balaban J connectivity index is 1.32. The maximum absolute atomic E-state index is 7.27. The van der Waals surface area contributed by atoms with Crippen LogP contribution in [0, 0.1) is 0 Å². The summed E-state index contributed by atoms with van der Waals surface area (Å²) in [7, 11) is -6.33. The minimum absolute atomic E-state index is 0.371. The van der Waals surface area contributed by atoms with Crippen molar-refractivity contribution >= 4 is 53.0 Å². The first kappa shape index (κ1) is 62.8. The lowest BCUT2D eigenvalue weighted by molar-refractivity contribution is 0.0271. The lowest BCUT2D eigenvalue weighted by Crippen LogP contribution is -2.37. The van der Waals surface area contributed by atoms with Gasteiger partial charge in [-0.2, -0.15) is 0 Å². The number of ether oxygens (including phenoxy) is 6. The van der Waals surface area contributed by atoms with Gasteiger partial charge in [0, 0.05) is 25.7 Å². The zero-order valence-electron chi connectivity index (χ0n) is 54.2. The van der Waals surface area contributed by atoms with Crippen molar-refractivity contribution in [3.05, 3.63) is 190 Å². The highest BCUT2D eigenvalue weighted by Gasteiger charge is 2.28. The molecule has 0 aromatic heterocycles. The Kier molecular flexibility index (Phi) is 19.4. The van der Waals surface area contributed by atoms with Crippen LogP contribution in [0.2, 0.25) is 78.6 Å². The summed E-state index contributed by atoms with van der Waals surface area (Å²) in [6.45, 7) is 37.1.